The first kappa shape index (κ1) is 53.4. The van der Waals surface area contributed by atoms with Gasteiger partial charge in [0.05, 0.1) is 22.8 Å². The van der Waals surface area contributed by atoms with Crippen molar-refractivity contribution in [3.05, 3.63) is 165 Å². The van der Waals surface area contributed by atoms with Crippen LogP contribution in [0.4, 0.5) is 0 Å². The van der Waals surface area contributed by atoms with Gasteiger partial charge < -0.3 is 9.97 Å². The second-order valence-electron chi connectivity index (χ2n) is 27.4. The molecule has 3 aromatic heterocycles. The van der Waals surface area contributed by atoms with E-state index in [2.05, 4.69) is 268 Å². The van der Waals surface area contributed by atoms with E-state index in [1.54, 1.807) is 0 Å². The molecule has 2 aliphatic rings. The lowest BCUT2D eigenvalue weighted by atomic mass is 9.78. The molecule has 9 rings (SSSR count). The van der Waals surface area contributed by atoms with Crippen LogP contribution in [-0.2, 0) is 32.5 Å². The minimum Gasteiger partial charge on any atom is -0.354 e. The summed E-state index contributed by atoms with van der Waals surface area (Å²) in [6.45, 7) is 41.5. The summed E-state index contributed by atoms with van der Waals surface area (Å²) in [5.41, 5.74) is 23.7. The number of H-pyrrole nitrogens is 2. The molecule has 7 aromatic rings. The molecule has 0 aliphatic carbocycles. The third kappa shape index (κ3) is 10.8. The van der Waals surface area contributed by atoms with Gasteiger partial charge in [0.15, 0.2) is 0 Å². The quantitative estimate of drug-likeness (QED) is 0.173. The van der Waals surface area contributed by atoms with Crippen LogP contribution in [0.5, 0.6) is 0 Å². The number of terminal acetylenes is 1. The van der Waals surface area contributed by atoms with Gasteiger partial charge in [0.1, 0.15) is 0 Å². The van der Waals surface area contributed by atoms with E-state index in [1.165, 1.54) is 33.4 Å². The molecule has 8 bridgehead atoms. The highest BCUT2D eigenvalue weighted by atomic mass is 14.8. The fraction of sp³-hybridized carbons (Fsp3) is 0.333. The monoisotopic (exact) mass is 999 g/mol. The summed E-state index contributed by atoms with van der Waals surface area (Å²) in [5, 5.41) is 0. The molecular formula is C72H78N4. The van der Waals surface area contributed by atoms with Crippen molar-refractivity contribution in [2.75, 3.05) is 0 Å². The molecule has 386 valence electrons. The highest BCUT2D eigenvalue weighted by molar-refractivity contribution is 6.00. The molecule has 2 N–H and O–H groups in total. The Morgan fingerprint density at radius 1 is 0.329 bits per heavy atom. The van der Waals surface area contributed by atoms with E-state index in [4.69, 9.17) is 16.4 Å². The van der Waals surface area contributed by atoms with Crippen LogP contribution in [0, 0.1) is 24.2 Å². The standard InChI is InChI=1S/C72H78N4/c1-20-21-22-44-23-25-45(26-24-44)63-55-27-29-57(73-55)64(46-35-49(67(2,3)4)41-50(36-46)68(5,6)7)59-31-33-61(75-59)66(48-39-53(71(14,15)16)43-54(40-48)72(17,18)19)62-34-32-60(76-62)65(58-30-28-56(63)74-58)47-37-51(69(8,9)10)42-52(38-47)70(11,12)13/h1,23-43,73,76H,2-19H3. The summed E-state index contributed by atoms with van der Waals surface area (Å²) in [7, 11) is 0. The Kier molecular flexibility index (Phi) is 13.4. The lowest BCUT2D eigenvalue weighted by molar-refractivity contribution is 0.568. The van der Waals surface area contributed by atoms with Crippen molar-refractivity contribution in [3.63, 3.8) is 0 Å². The molecule has 0 unspecified atom stereocenters. The van der Waals surface area contributed by atoms with Crippen LogP contribution in [-0.4, -0.2) is 19.9 Å². The highest BCUT2D eigenvalue weighted by Gasteiger charge is 2.28. The molecule has 0 saturated heterocycles. The van der Waals surface area contributed by atoms with Crippen molar-refractivity contribution in [1.82, 2.24) is 19.9 Å². The third-order valence-corrected chi connectivity index (χ3v) is 15.1. The van der Waals surface area contributed by atoms with Gasteiger partial charge in [0.25, 0.3) is 0 Å². The maximum atomic E-state index is 5.80. The Balaban J connectivity index is 1.52. The van der Waals surface area contributed by atoms with Crippen LogP contribution in [0.3, 0.4) is 0 Å². The van der Waals surface area contributed by atoms with Gasteiger partial charge in [-0.1, -0.05) is 197 Å². The van der Waals surface area contributed by atoms with E-state index in [-0.39, 0.29) is 32.5 Å². The molecule has 0 spiro atoms. The van der Waals surface area contributed by atoms with Crippen LogP contribution in [0.25, 0.3) is 90.9 Å². The number of aromatic nitrogens is 4. The third-order valence-electron chi connectivity index (χ3n) is 15.1. The van der Waals surface area contributed by atoms with Crippen LogP contribution in [0.2, 0.25) is 0 Å². The van der Waals surface area contributed by atoms with E-state index in [9.17, 15) is 0 Å². The zero-order valence-corrected chi connectivity index (χ0v) is 48.6. The number of nitrogens with zero attached hydrogens (tertiary/aromatic N) is 2. The lowest BCUT2D eigenvalue weighted by Crippen LogP contribution is -2.16. The molecule has 4 heteroatoms. The molecule has 76 heavy (non-hydrogen) atoms. The van der Waals surface area contributed by atoms with Gasteiger partial charge in [-0.05, 0) is 161 Å². The summed E-state index contributed by atoms with van der Waals surface area (Å²) >= 11 is 0. The van der Waals surface area contributed by atoms with Crippen LogP contribution in [0.1, 0.15) is 186 Å². The van der Waals surface area contributed by atoms with Crippen LogP contribution < -0.4 is 0 Å². The number of nitrogens with one attached hydrogen (secondary N) is 2. The van der Waals surface area contributed by atoms with Gasteiger partial charge in [-0.15, -0.1) is 6.42 Å². The predicted octanol–water partition coefficient (Wildman–Crippen LogP) is 19.1. The van der Waals surface area contributed by atoms with Crippen molar-refractivity contribution in [2.45, 2.75) is 157 Å². The smallest absolute Gasteiger partial charge is 0.0737 e. The molecule has 0 atom stereocenters. The summed E-state index contributed by atoms with van der Waals surface area (Å²) in [6, 6.07) is 38.8. The first-order chi connectivity index (χ1) is 35.4. The van der Waals surface area contributed by atoms with Gasteiger partial charge in [0, 0.05) is 49.9 Å². The molecule has 0 fully saturated rings. The van der Waals surface area contributed by atoms with E-state index in [0.29, 0.717) is 0 Å². The van der Waals surface area contributed by atoms with Gasteiger partial charge in [-0.2, -0.15) is 0 Å². The van der Waals surface area contributed by atoms with Gasteiger partial charge in [0.2, 0.25) is 0 Å². The summed E-state index contributed by atoms with van der Waals surface area (Å²) in [6.07, 6.45) is 14.4. The Hall–Kier alpha value is -7.40. The molecule has 2 aliphatic heterocycles. The van der Waals surface area contributed by atoms with Crippen molar-refractivity contribution < 1.29 is 0 Å². The van der Waals surface area contributed by atoms with Gasteiger partial charge >= 0.3 is 0 Å². The van der Waals surface area contributed by atoms with Crippen molar-refractivity contribution in [3.8, 4) is 68.7 Å². The maximum Gasteiger partial charge on any atom is 0.0737 e. The minimum atomic E-state index is -0.105. The van der Waals surface area contributed by atoms with Gasteiger partial charge in [-0.3, -0.25) is 0 Å². The molecule has 4 nitrogen and oxygen atoms in total. The van der Waals surface area contributed by atoms with Crippen molar-refractivity contribution in [1.29, 1.82) is 0 Å². The summed E-state index contributed by atoms with van der Waals surface area (Å²) in [4.78, 5) is 19.6. The SMILES string of the molecule is C#CC#Cc1ccc(-c2c3nc(c(-c4cc(C(C)(C)C)cc(C(C)(C)C)c4)c4ccc([nH]4)c(-c4cc(C(C)(C)C)cc(C(C)(C)C)c4)c4nc(c(-c5cc(C(C)(C)C)cc(C(C)(C)C)c5)c5ccc2[nH]5)C=C4)C=C3)cc1. The predicted molar refractivity (Wildman–Crippen MR) is 329 cm³/mol. The second kappa shape index (κ2) is 19.0. The molecular weight excluding hydrogens is 921 g/mol. The van der Waals surface area contributed by atoms with E-state index in [1.807, 2.05) is 12.1 Å². The van der Waals surface area contributed by atoms with E-state index >= 15 is 0 Å². The topological polar surface area (TPSA) is 57.4 Å². The molecule has 4 aromatic carbocycles. The van der Waals surface area contributed by atoms with Crippen molar-refractivity contribution >= 4 is 46.4 Å². The Labute approximate surface area is 454 Å². The fourth-order valence-corrected chi connectivity index (χ4v) is 10.2. The first-order valence-corrected chi connectivity index (χ1v) is 27.1. The van der Waals surface area contributed by atoms with Crippen LogP contribution >= 0.6 is 0 Å². The molecule has 0 amide bonds. The average molecular weight is 999 g/mol. The van der Waals surface area contributed by atoms with Crippen molar-refractivity contribution in [2.24, 2.45) is 0 Å². The molecule has 0 saturated carbocycles. The van der Waals surface area contributed by atoms with Gasteiger partial charge in [-0.25, -0.2) is 9.97 Å². The average Bonchev–Trinajstić information content (AvgIpc) is 4.18. The number of hydrogen-bond donors (Lipinski definition) is 2. The minimum absolute atomic E-state index is 0.103. The zero-order valence-electron chi connectivity index (χ0n) is 48.6. The Bertz CT molecular complexity index is 3630. The number of hydrogen-bond acceptors (Lipinski definition) is 2. The molecule has 0 radical (unpaired) electrons. The van der Waals surface area contributed by atoms with E-state index < -0.39 is 0 Å². The summed E-state index contributed by atoms with van der Waals surface area (Å²) < 4.78 is 0. The Morgan fingerprint density at radius 2 is 0.579 bits per heavy atom. The normalized spacial score (nSPS) is 13.2. The molecule has 5 heterocycles. The Morgan fingerprint density at radius 3 is 0.816 bits per heavy atom. The largest absolute Gasteiger partial charge is 0.354 e. The van der Waals surface area contributed by atoms with E-state index in [0.717, 1.165) is 94.9 Å². The number of rotatable bonds is 4. The maximum absolute atomic E-state index is 5.80. The number of aromatic amines is 2. The number of benzene rings is 4. The fourth-order valence-electron chi connectivity index (χ4n) is 10.2. The second-order valence-corrected chi connectivity index (χ2v) is 27.4. The van der Waals surface area contributed by atoms with Crippen LogP contribution in [0.15, 0.2) is 103 Å². The zero-order chi connectivity index (χ0) is 55.1. The highest BCUT2D eigenvalue weighted by Crippen LogP contribution is 2.44. The first-order valence-electron chi connectivity index (χ1n) is 27.1. The lowest BCUT2D eigenvalue weighted by Gasteiger charge is -2.26. The summed E-state index contributed by atoms with van der Waals surface area (Å²) in [5.74, 6) is 8.37. The number of fused-ring (bicyclic) bond motifs is 8.